The van der Waals surface area contributed by atoms with E-state index in [9.17, 15) is 0 Å². The molecule has 194 valence electrons. The molecule has 1 aliphatic heterocycles. The van der Waals surface area contributed by atoms with Crippen molar-refractivity contribution in [3.05, 3.63) is 106 Å². The van der Waals surface area contributed by atoms with Crippen molar-refractivity contribution < 1.29 is 0 Å². The normalized spacial score (nSPS) is 15.5. The van der Waals surface area contributed by atoms with Gasteiger partial charge in [-0.15, -0.1) is 0 Å². The molecule has 38 heavy (non-hydrogen) atoms. The Morgan fingerprint density at radius 3 is 2.21 bits per heavy atom. The molecule has 0 radical (unpaired) electrons. The lowest BCUT2D eigenvalue weighted by atomic mass is 9.72. The lowest BCUT2D eigenvalue weighted by Gasteiger charge is -2.34. The maximum Gasteiger partial charge on any atom is 0.0500 e. The Balaban J connectivity index is 1.66. The summed E-state index contributed by atoms with van der Waals surface area (Å²) in [4.78, 5) is 2.76. The van der Waals surface area contributed by atoms with E-state index in [4.69, 9.17) is 0 Å². The van der Waals surface area contributed by atoms with Gasteiger partial charge in [-0.3, -0.25) is 0 Å². The average Bonchev–Trinajstić information content (AvgIpc) is 3.17. The largest absolute Gasteiger partial charge is 0.344 e. The van der Waals surface area contributed by atoms with Crippen LogP contribution in [0.3, 0.4) is 0 Å². The van der Waals surface area contributed by atoms with Gasteiger partial charge in [0.25, 0.3) is 0 Å². The summed E-state index contributed by atoms with van der Waals surface area (Å²) in [5.41, 5.74) is 11.1. The van der Waals surface area contributed by atoms with Crippen LogP contribution in [0.2, 0.25) is 0 Å². The van der Waals surface area contributed by atoms with Gasteiger partial charge in [0, 0.05) is 49.5 Å². The van der Waals surface area contributed by atoms with Crippen LogP contribution in [0, 0.1) is 6.92 Å². The van der Waals surface area contributed by atoms with E-state index in [1.165, 1.54) is 65.0 Å². The van der Waals surface area contributed by atoms with E-state index in [-0.39, 0.29) is 10.8 Å². The second-order valence-electron chi connectivity index (χ2n) is 12.4. The first kappa shape index (κ1) is 25.3. The number of nitrogens with zero attached hydrogens (tertiary/aromatic N) is 1. The van der Waals surface area contributed by atoms with Crippen LogP contribution in [0.25, 0.3) is 21.8 Å². The van der Waals surface area contributed by atoms with E-state index < -0.39 is 0 Å². The van der Waals surface area contributed by atoms with Crippen LogP contribution in [0.4, 0.5) is 0 Å². The maximum absolute atomic E-state index is 2.54. The van der Waals surface area contributed by atoms with E-state index in [0.29, 0.717) is 5.92 Å². The second-order valence-corrected chi connectivity index (χ2v) is 13.4. The van der Waals surface area contributed by atoms with E-state index in [2.05, 4.69) is 133 Å². The van der Waals surface area contributed by atoms with Gasteiger partial charge in [0.2, 0.25) is 0 Å². The minimum Gasteiger partial charge on any atom is -0.344 e. The van der Waals surface area contributed by atoms with E-state index in [0.717, 1.165) is 6.42 Å². The molecule has 1 unspecified atom stereocenters. The van der Waals surface area contributed by atoms with Crippen molar-refractivity contribution >= 4 is 33.6 Å². The second kappa shape index (κ2) is 8.78. The van der Waals surface area contributed by atoms with E-state index >= 15 is 0 Å². The van der Waals surface area contributed by atoms with Gasteiger partial charge in [0.05, 0.1) is 0 Å². The Labute approximate surface area is 232 Å². The number of hydrogen-bond acceptors (Lipinski definition) is 1. The van der Waals surface area contributed by atoms with Gasteiger partial charge >= 0.3 is 0 Å². The summed E-state index contributed by atoms with van der Waals surface area (Å²) in [6, 6.07) is 27.8. The fourth-order valence-electron chi connectivity index (χ4n) is 6.79. The molecule has 0 saturated heterocycles. The highest BCUT2D eigenvalue weighted by Gasteiger charge is 2.34. The third-order valence-electron chi connectivity index (χ3n) is 9.37. The molecule has 6 rings (SSSR count). The summed E-state index contributed by atoms with van der Waals surface area (Å²) in [5.74, 6) is 0.493. The quantitative estimate of drug-likeness (QED) is 0.229. The summed E-state index contributed by atoms with van der Waals surface area (Å²) < 4.78 is 2.43. The topological polar surface area (TPSA) is 4.93 Å². The highest BCUT2D eigenvalue weighted by molar-refractivity contribution is 7.99. The molecule has 0 saturated carbocycles. The molecule has 1 aliphatic rings. The van der Waals surface area contributed by atoms with Crippen molar-refractivity contribution in [2.75, 3.05) is 0 Å². The molecular weight excluding hydrogens is 478 g/mol. The smallest absolute Gasteiger partial charge is 0.0500 e. The third kappa shape index (κ3) is 3.60. The number of rotatable bonds is 4. The van der Waals surface area contributed by atoms with Crippen LogP contribution >= 0.6 is 11.8 Å². The van der Waals surface area contributed by atoms with Gasteiger partial charge in [-0.05, 0) is 83.0 Å². The molecule has 1 nitrogen and oxygen atoms in total. The summed E-state index contributed by atoms with van der Waals surface area (Å²) in [6.45, 7) is 16.5. The van der Waals surface area contributed by atoms with Crippen molar-refractivity contribution in [1.82, 2.24) is 4.57 Å². The Bertz CT molecular complexity index is 1720. The standard InChI is InChI=1S/C36H39NS/c1-9-22(2)24-20-31-25(18-29(24)35(4,5)27-15-11-10-14-23(27)3)26-19-30-34(21-32(26)37(31)8)38-33-17-13-12-16-28(33)36(30,6)7/h10-22H,9H2,1-8H3. The molecule has 0 spiro atoms. The van der Waals surface area contributed by atoms with Gasteiger partial charge in [0.1, 0.15) is 0 Å². The summed E-state index contributed by atoms with van der Waals surface area (Å²) in [7, 11) is 2.25. The van der Waals surface area contributed by atoms with Gasteiger partial charge in [-0.1, -0.05) is 95.8 Å². The maximum atomic E-state index is 2.54. The SMILES string of the molecule is CCC(C)c1cc2c(cc1C(C)(C)c1ccccc1C)c1cc3c(cc1n2C)Sc1ccccc1C3(C)C. The first-order valence-corrected chi connectivity index (χ1v) is 14.8. The number of hydrogen-bond donors (Lipinski definition) is 0. The van der Waals surface area contributed by atoms with E-state index in [1.54, 1.807) is 0 Å². The predicted molar refractivity (Wildman–Crippen MR) is 165 cm³/mol. The molecule has 1 atom stereocenters. The molecule has 0 N–H and O–H groups in total. The van der Waals surface area contributed by atoms with Gasteiger partial charge in [-0.25, -0.2) is 0 Å². The summed E-state index contributed by atoms with van der Waals surface area (Å²) >= 11 is 1.92. The number of aryl methyl sites for hydroxylation is 2. The molecule has 0 bridgehead atoms. The van der Waals surface area contributed by atoms with Crippen LogP contribution in [0.5, 0.6) is 0 Å². The third-order valence-corrected chi connectivity index (χ3v) is 10.5. The van der Waals surface area contributed by atoms with Crippen LogP contribution in [-0.2, 0) is 17.9 Å². The monoisotopic (exact) mass is 517 g/mol. The van der Waals surface area contributed by atoms with Gasteiger partial charge < -0.3 is 4.57 Å². The van der Waals surface area contributed by atoms with Crippen molar-refractivity contribution in [2.45, 2.75) is 81.4 Å². The molecular formula is C36H39NS. The Morgan fingerprint density at radius 1 is 0.816 bits per heavy atom. The molecule has 0 aliphatic carbocycles. The minimum atomic E-state index is -0.0945. The zero-order chi connectivity index (χ0) is 27.0. The molecule has 1 aromatic heterocycles. The first-order chi connectivity index (χ1) is 18.1. The highest BCUT2D eigenvalue weighted by atomic mass is 32.2. The van der Waals surface area contributed by atoms with Crippen LogP contribution < -0.4 is 0 Å². The molecule has 2 heteroatoms. The molecule has 2 heterocycles. The number of fused-ring (bicyclic) bond motifs is 5. The van der Waals surface area contributed by atoms with Gasteiger partial charge in [0.15, 0.2) is 0 Å². The predicted octanol–water partition coefficient (Wildman–Crippen LogP) is 10.3. The lowest BCUT2D eigenvalue weighted by molar-refractivity contribution is 0.608. The molecule has 4 aromatic carbocycles. The summed E-state index contributed by atoms with van der Waals surface area (Å²) in [5, 5.41) is 2.74. The molecule has 0 fully saturated rings. The zero-order valence-electron chi connectivity index (χ0n) is 24.1. The van der Waals surface area contributed by atoms with Crippen molar-refractivity contribution in [3.8, 4) is 0 Å². The van der Waals surface area contributed by atoms with Crippen LogP contribution in [0.15, 0.2) is 82.6 Å². The zero-order valence-corrected chi connectivity index (χ0v) is 24.9. The Hall–Kier alpha value is -2.97. The number of aromatic nitrogens is 1. The fraction of sp³-hybridized carbons (Fsp3) is 0.333. The lowest BCUT2D eigenvalue weighted by Crippen LogP contribution is -2.23. The van der Waals surface area contributed by atoms with Crippen molar-refractivity contribution in [3.63, 3.8) is 0 Å². The van der Waals surface area contributed by atoms with E-state index in [1.807, 2.05) is 11.8 Å². The minimum absolute atomic E-state index is 0.0343. The van der Waals surface area contributed by atoms with Crippen LogP contribution in [-0.4, -0.2) is 4.57 Å². The van der Waals surface area contributed by atoms with Gasteiger partial charge in [-0.2, -0.15) is 0 Å². The Morgan fingerprint density at radius 2 is 1.47 bits per heavy atom. The molecule has 5 aromatic rings. The van der Waals surface area contributed by atoms with Crippen molar-refractivity contribution in [1.29, 1.82) is 0 Å². The Kier molecular flexibility index (Phi) is 5.85. The highest BCUT2D eigenvalue weighted by Crippen LogP contribution is 2.51. The average molecular weight is 518 g/mol. The summed E-state index contributed by atoms with van der Waals surface area (Å²) in [6.07, 6.45) is 1.13. The first-order valence-electron chi connectivity index (χ1n) is 14.0. The van der Waals surface area contributed by atoms with Crippen LogP contribution in [0.1, 0.15) is 87.3 Å². The molecule has 0 amide bonds. The fourth-order valence-corrected chi connectivity index (χ4v) is 8.20. The van der Waals surface area contributed by atoms with Crippen molar-refractivity contribution in [2.24, 2.45) is 7.05 Å². The number of benzene rings is 4.